The van der Waals surface area contributed by atoms with Crippen molar-refractivity contribution in [1.82, 2.24) is 5.32 Å². The van der Waals surface area contributed by atoms with Crippen molar-refractivity contribution in [3.8, 4) is 22.3 Å². The van der Waals surface area contributed by atoms with Gasteiger partial charge in [0.1, 0.15) is 0 Å². The van der Waals surface area contributed by atoms with Crippen molar-refractivity contribution in [1.29, 1.82) is 0 Å². The number of anilines is 1. The van der Waals surface area contributed by atoms with Crippen LogP contribution in [0.15, 0.2) is 91.0 Å². The van der Waals surface area contributed by atoms with E-state index in [-0.39, 0.29) is 11.8 Å². The number of nitrogens with zero attached hydrogens (tertiary/aromatic N) is 1. The van der Waals surface area contributed by atoms with E-state index in [1.165, 1.54) is 0 Å². The Hall–Kier alpha value is -4.18. The molecular formula is C31H26N2O2. The third-order valence-electron chi connectivity index (χ3n) is 6.90. The summed E-state index contributed by atoms with van der Waals surface area (Å²) in [5.41, 5.74) is 8.67. The fourth-order valence-electron chi connectivity index (χ4n) is 4.75. The van der Waals surface area contributed by atoms with Crippen LogP contribution in [0.3, 0.4) is 0 Å². The second-order valence-corrected chi connectivity index (χ2v) is 9.46. The van der Waals surface area contributed by atoms with Crippen molar-refractivity contribution in [3.05, 3.63) is 113 Å². The van der Waals surface area contributed by atoms with Crippen LogP contribution in [-0.2, 0) is 6.54 Å². The van der Waals surface area contributed by atoms with Crippen LogP contribution in [0.1, 0.15) is 44.7 Å². The molecule has 4 aromatic carbocycles. The van der Waals surface area contributed by atoms with Gasteiger partial charge in [-0.3, -0.25) is 9.59 Å². The number of hydrogen-bond acceptors (Lipinski definition) is 2. The molecule has 0 bridgehead atoms. The fraction of sp³-hybridized carbons (Fsp3) is 0.161. The largest absolute Gasteiger partial charge is 0.349 e. The van der Waals surface area contributed by atoms with Gasteiger partial charge in [0.25, 0.3) is 11.8 Å². The average Bonchev–Trinajstić information content (AvgIpc) is 3.65. The van der Waals surface area contributed by atoms with Crippen molar-refractivity contribution in [2.45, 2.75) is 32.4 Å². The first kappa shape index (κ1) is 21.4. The maximum absolute atomic E-state index is 13.3. The van der Waals surface area contributed by atoms with E-state index in [4.69, 9.17) is 0 Å². The number of rotatable bonds is 5. The molecule has 1 aliphatic heterocycles. The SMILES string of the molecule is Cc1ccc(C(=O)NC2CC2)cc1-c1ccc2c(c1)CN(c1cccc(-c3ccccc3)c1)C2=O. The molecule has 6 rings (SSSR count). The predicted octanol–water partition coefficient (Wildman–Crippen LogP) is 6.38. The van der Waals surface area contributed by atoms with Crippen molar-refractivity contribution in [2.24, 2.45) is 0 Å². The van der Waals surface area contributed by atoms with Crippen molar-refractivity contribution < 1.29 is 9.59 Å². The number of carbonyl (C=O) groups excluding carboxylic acids is 2. The topological polar surface area (TPSA) is 49.4 Å². The first-order valence-electron chi connectivity index (χ1n) is 12.1. The van der Waals surface area contributed by atoms with E-state index < -0.39 is 0 Å². The maximum atomic E-state index is 13.3. The third kappa shape index (κ3) is 4.12. The molecule has 0 spiro atoms. The minimum absolute atomic E-state index is 0.0189. The van der Waals surface area contributed by atoms with Crippen LogP contribution in [0.25, 0.3) is 22.3 Å². The summed E-state index contributed by atoms with van der Waals surface area (Å²) >= 11 is 0. The van der Waals surface area contributed by atoms with Gasteiger partial charge in [-0.1, -0.05) is 54.6 Å². The zero-order valence-corrected chi connectivity index (χ0v) is 19.6. The molecule has 0 atom stereocenters. The summed E-state index contributed by atoms with van der Waals surface area (Å²) in [4.78, 5) is 27.7. The summed E-state index contributed by atoms with van der Waals surface area (Å²) in [6.07, 6.45) is 2.13. The van der Waals surface area contributed by atoms with E-state index >= 15 is 0 Å². The van der Waals surface area contributed by atoms with Gasteiger partial charge in [0.2, 0.25) is 0 Å². The molecule has 1 fully saturated rings. The van der Waals surface area contributed by atoms with Crippen molar-refractivity contribution >= 4 is 17.5 Å². The summed E-state index contributed by atoms with van der Waals surface area (Å²) in [6, 6.07) is 30.5. The second-order valence-electron chi connectivity index (χ2n) is 9.46. The zero-order chi connectivity index (χ0) is 23.9. The highest BCUT2D eigenvalue weighted by Gasteiger charge is 2.29. The predicted molar refractivity (Wildman–Crippen MR) is 139 cm³/mol. The molecule has 4 aromatic rings. The molecular weight excluding hydrogens is 432 g/mol. The van der Waals surface area contributed by atoms with Crippen LogP contribution in [0, 0.1) is 6.92 Å². The van der Waals surface area contributed by atoms with Gasteiger partial charge in [-0.2, -0.15) is 0 Å². The third-order valence-corrected chi connectivity index (χ3v) is 6.90. The summed E-state index contributed by atoms with van der Waals surface area (Å²) < 4.78 is 0. The molecule has 0 unspecified atom stereocenters. The number of hydrogen-bond donors (Lipinski definition) is 1. The highest BCUT2D eigenvalue weighted by molar-refractivity contribution is 6.10. The monoisotopic (exact) mass is 458 g/mol. The molecule has 4 nitrogen and oxygen atoms in total. The lowest BCUT2D eigenvalue weighted by atomic mass is 9.95. The summed E-state index contributed by atoms with van der Waals surface area (Å²) in [7, 11) is 0. The van der Waals surface area contributed by atoms with E-state index in [1.807, 2.05) is 65.6 Å². The number of amides is 2. The van der Waals surface area contributed by atoms with Crippen molar-refractivity contribution in [2.75, 3.05) is 4.90 Å². The van der Waals surface area contributed by atoms with E-state index in [2.05, 4.69) is 42.6 Å². The van der Waals surface area contributed by atoms with Gasteiger partial charge in [0.15, 0.2) is 0 Å². The van der Waals surface area contributed by atoms with Gasteiger partial charge in [0, 0.05) is 22.9 Å². The standard InChI is InChI=1S/C31H26N2O2/c1-20-10-11-24(30(34)32-26-13-14-26)18-29(20)23-12-15-28-25(16-23)19-33(31(28)35)27-9-5-8-22(17-27)21-6-3-2-4-7-21/h2-12,15-18,26H,13-14,19H2,1H3,(H,32,34). The Labute approximate surface area is 205 Å². The van der Waals surface area contributed by atoms with Gasteiger partial charge in [0.05, 0.1) is 6.54 Å². The second kappa shape index (κ2) is 8.55. The first-order chi connectivity index (χ1) is 17.1. The lowest BCUT2D eigenvalue weighted by molar-refractivity contribution is 0.0949. The summed E-state index contributed by atoms with van der Waals surface area (Å²) in [6.45, 7) is 2.58. The number of fused-ring (bicyclic) bond motifs is 1. The molecule has 1 heterocycles. The van der Waals surface area contributed by atoms with Crippen LogP contribution >= 0.6 is 0 Å². The molecule has 0 aromatic heterocycles. The molecule has 1 saturated carbocycles. The Morgan fingerprint density at radius 1 is 0.800 bits per heavy atom. The minimum atomic E-state index is -0.0189. The molecule has 1 aliphatic carbocycles. The Kier molecular flexibility index (Phi) is 5.22. The normalized spacial score (nSPS) is 14.7. The minimum Gasteiger partial charge on any atom is -0.349 e. The molecule has 0 saturated heterocycles. The molecule has 2 aliphatic rings. The molecule has 172 valence electrons. The lowest BCUT2D eigenvalue weighted by Crippen LogP contribution is -2.25. The molecule has 4 heteroatoms. The Bertz CT molecular complexity index is 1450. The Balaban J connectivity index is 1.30. The smallest absolute Gasteiger partial charge is 0.258 e. The quantitative estimate of drug-likeness (QED) is 0.377. The summed E-state index contributed by atoms with van der Waals surface area (Å²) in [5, 5.41) is 3.07. The van der Waals surface area contributed by atoms with Gasteiger partial charge < -0.3 is 10.2 Å². The number of nitrogens with one attached hydrogen (secondary N) is 1. The van der Waals surface area contributed by atoms with Gasteiger partial charge in [-0.05, 0) is 89.5 Å². The molecule has 1 N–H and O–H groups in total. The maximum Gasteiger partial charge on any atom is 0.258 e. The van der Waals surface area contributed by atoms with Crippen LogP contribution in [-0.4, -0.2) is 17.9 Å². The van der Waals surface area contributed by atoms with Gasteiger partial charge >= 0.3 is 0 Å². The highest BCUT2D eigenvalue weighted by atomic mass is 16.2. The van der Waals surface area contributed by atoms with Crippen LogP contribution in [0.2, 0.25) is 0 Å². The van der Waals surface area contributed by atoms with E-state index in [9.17, 15) is 9.59 Å². The van der Waals surface area contributed by atoms with Gasteiger partial charge in [-0.25, -0.2) is 0 Å². The molecule has 2 amide bonds. The van der Waals surface area contributed by atoms with Crippen LogP contribution < -0.4 is 10.2 Å². The summed E-state index contributed by atoms with van der Waals surface area (Å²) in [5.74, 6) is 0.000561. The van der Waals surface area contributed by atoms with E-state index in [0.29, 0.717) is 18.2 Å². The van der Waals surface area contributed by atoms with E-state index in [0.717, 1.165) is 57.5 Å². The van der Waals surface area contributed by atoms with Crippen LogP contribution in [0.4, 0.5) is 5.69 Å². The fourth-order valence-corrected chi connectivity index (χ4v) is 4.75. The van der Waals surface area contributed by atoms with Crippen molar-refractivity contribution in [3.63, 3.8) is 0 Å². The Morgan fingerprint density at radius 2 is 1.60 bits per heavy atom. The lowest BCUT2D eigenvalue weighted by Gasteiger charge is -2.17. The first-order valence-corrected chi connectivity index (χ1v) is 12.1. The van der Waals surface area contributed by atoms with Crippen LogP contribution in [0.5, 0.6) is 0 Å². The van der Waals surface area contributed by atoms with E-state index in [1.54, 1.807) is 0 Å². The zero-order valence-electron chi connectivity index (χ0n) is 19.6. The Morgan fingerprint density at radius 3 is 2.40 bits per heavy atom. The van der Waals surface area contributed by atoms with Gasteiger partial charge in [-0.15, -0.1) is 0 Å². The molecule has 0 radical (unpaired) electrons. The number of benzene rings is 4. The average molecular weight is 459 g/mol. The highest BCUT2D eigenvalue weighted by Crippen LogP contribution is 2.34. The number of carbonyl (C=O) groups is 2. The number of aryl methyl sites for hydroxylation is 1. The molecule has 35 heavy (non-hydrogen) atoms.